The monoisotopic (exact) mass is 678 g/mol. The normalized spacial score (nSPS) is 8.84. The number of ether oxygens (including phenoxy) is 2. The number of carboxylic acids is 2. The molecule has 0 saturated heterocycles. The first-order valence-corrected chi connectivity index (χ1v) is 12.3. The average Bonchev–Trinajstić information content (AvgIpc) is 2.99. The van der Waals surface area contributed by atoms with Gasteiger partial charge in [0.2, 0.25) is 0 Å². The molecule has 4 aromatic rings. The molecule has 0 atom stereocenters. The van der Waals surface area contributed by atoms with Crippen molar-refractivity contribution in [2.24, 2.45) is 0 Å². The minimum absolute atomic E-state index is 0. The number of methoxy groups -OCH3 is 2. The van der Waals surface area contributed by atoms with Gasteiger partial charge in [-0.15, -0.1) is 0 Å². The zero-order valence-corrected chi connectivity index (χ0v) is 27.3. The van der Waals surface area contributed by atoms with E-state index in [2.05, 4.69) is 30.1 Å². The number of anilines is 2. The van der Waals surface area contributed by atoms with Crippen LogP contribution < -0.4 is 20.8 Å². The van der Waals surface area contributed by atoms with Crippen molar-refractivity contribution in [1.29, 1.82) is 0 Å². The quantitative estimate of drug-likeness (QED) is 0.300. The van der Waals surface area contributed by atoms with Gasteiger partial charge in [-0.1, -0.05) is 59.6 Å². The molecular weight excluding hydrogens is 657 g/mol. The number of aromatic nitrogens is 2. The number of halogens is 2. The zero-order chi connectivity index (χ0) is 31.3. The Kier molecular flexibility index (Phi) is 19.7. The van der Waals surface area contributed by atoms with Crippen LogP contribution in [0.5, 0.6) is 0 Å². The van der Waals surface area contributed by atoms with E-state index in [4.69, 9.17) is 23.2 Å². The maximum atomic E-state index is 10.6. The van der Waals surface area contributed by atoms with Gasteiger partial charge in [-0.3, -0.25) is 20.6 Å². The summed E-state index contributed by atoms with van der Waals surface area (Å²) in [7, 11) is 2.62. The molecule has 0 saturated carbocycles. The molecule has 0 unspecified atom stereocenters. The van der Waals surface area contributed by atoms with Crippen molar-refractivity contribution in [2.45, 2.75) is 0 Å². The van der Waals surface area contributed by atoms with E-state index < -0.39 is 24.1 Å². The minimum Gasteiger partial charge on any atom is -0.545 e. The third-order valence-electron chi connectivity index (χ3n) is 4.37. The second-order valence-electron chi connectivity index (χ2n) is 7.25. The van der Waals surface area contributed by atoms with Crippen molar-refractivity contribution in [1.82, 2.24) is 9.97 Å². The fourth-order valence-electron chi connectivity index (χ4n) is 2.46. The van der Waals surface area contributed by atoms with Gasteiger partial charge in [0.25, 0.3) is 0 Å². The van der Waals surface area contributed by atoms with Crippen molar-refractivity contribution >= 4 is 58.7 Å². The van der Waals surface area contributed by atoms with Crippen molar-refractivity contribution in [3.05, 3.63) is 119 Å². The summed E-state index contributed by atoms with van der Waals surface area (Å²) < 4.78 is 8.75. The van der Waals surface area contributed by atoms with Gasteiger partial charge in [-0.2, -0.15) is 0 Å². The summed E-state index contributed by atoms with van der Waals surface area (Å²) in [6.07, 6.45) is 5.36. The van der Waals surface area contributed by atoms with Gasteiger partial charge in [0, 0.05) is 33.6 Å². The molecule has 2 aromatic carbocycles. The fraction of sp³-hybridized carbons (Fsp3) is 0.0714. The molecule has 0 spiro atoms. The Hall–Kier alpha value is -4.58. The number of carbonyl (C=O) groups is 4. The van der Waals surface area contributed by atoms with E-state index in [9.17, 15) is 29.4 Å². The third-order valence-corrected chi connectivity index (χ3v) is 5.03. The summed E-state index contributed by atoms with van der Waals surface area (Å²) >= 11 is 11.0. The Morgan fingerprint density at radius 3 is 1.21 bits per heavy atom. The molecule has 2 N–H and O–H groups in total. The number of nitrogens with zero attached hydrogens (tertiary/aromatic N) is 2. The van der Waals surface area contributed by atoms with E-state index in [1.54, 1.807) is 60.9 Å². The number of pyridine rings is 2. The van der Waals surface area contributed by atoms with Crippen LogP contribution in [0.1, 0.15) is 20.7 Å². The molecule has 0 aliphatic carbocycles. The minimum atomic E-state index is -1.24. The van der Waals surface area contributed by atoms with Crippen molar-refractivity contribution in [2.75, 3.05) is 24.9 Å². The van der Waals surface area contributed by atoms with Crippen molar-refractivity contribution < 1.29 is 58.3 Å². The second kappa shape index (κ2) is 22.1. The largest absolute Gasteiger partial charge is 2.00 e. The Balaban J connectivity index is 0.000000543. The maximum Gasteiger partial charge on any atom is 2.00 e. The number of aromatic carboxylic acids is 2. The summed E-state index contributed by atoms with van der Waals surface area (Å²) in [6.45, 7) is 0. The van der Waals surface area contributed by atoms with E-state index in [1.165, 1.54) is 50.9 Å². The van der Waals surface area contributed by atoms with Crippen LogP contribution in [-0.4, -0.2) is 48.3 Å². The van der Waals surface area contributed by atoms with Crippen molar-refractivity contribution in [3.8, 4) is 0 Å². The molecule has 2 heterocycles. The number of hydrogen-bond donors (Lipinski definition) is 2. The molecule has 0 aliphatic rings. The predicted octanol–water partition coefficient (Wildman–Crippen LogP) is 3.92. The van der Waals surface area contributed by atoms with Crippen LogP contribution >= 0.6 is 23.2 Å². The predicted molar refractivity (Wildman–Crippen MR) is 152 cm³/mol. The van der Waals surface area contributed by atoms with Crippen LogP contribution in [0.25, 0.3) is 0 Å². The Morgan fingerprint density at radius 2 is 0.977 bits per heavy atom. The molecule has 2 amide bonds. The van der Waals surface area contributed by atoms with Gasteiger partial charge in [0.15, 0.2) is 0 Å². The Bertz CT molecular complexity index is 1330. The van der Waals surface area contributed by atoms with Crippen LogP contribution in [0.3, 0.4) is 0 Å². The molecule has 220 valence electrons. The zero-order valence-electron chi connectivity index (χ0n) is 22.9. The third kappa shape index (κ3) is 16.5. The van der Waals surface area contributed by atoms with E-state index in [0.717, 1.165) is 0 Å². The first kappa shape index (κ1) is 38.4. The fourth-order valence-corrected chi connectivity index (χ4v) is 2.89. The van der Waals surface area contributed by atoms with Gasteiger partial charge in [-0.25, -0.2) is 9.59 Å². The van der Waals surface area contributed by atoms with Gasteiger partial charge in [-0.05, 0) is 36.4 Å². The molecule has 15 heteroatoms. The molecule has 0 aliphatic heterocycles. The molecule has 4 rings (SSSR count). The smallest absolute Gasteiger partial charge is 0.545 e. The van der Waals surface area contributed by atoms with Crippen LogP contribution in [0, 0.1) is 0 Å². The number of rotatable bonds is 4. The number of benzene rings is 2. The molecule has 0 radical (unpaired) electrons. The van der Waals surface area contributed by atoms with Gasteiger partial charge in [0.1, 0.15) is 0 Å². The number of hydrogen-bond acceptors (Lipinski definition) is 10. The van der Waals surface area contributed by atoms with E-state index in [1.807, 2.05) is 0 Å². The Morgan fingerprint density at radius 1 is 0.628 bits per heavy atom. The standard InChI is InChI=1S/2C7H5ClO2.2C7H8N2O2.Zn/c2*8-6-4-2-1-3-5(6)7(9)10;2*1-11-7(10)9-6-3-2-4-8-5-6;/h2*1-4H,(H,9,10);2*2-5H,1H3,(H,9,10);/q;;;;+2/p-2. The van der Waals surface area contributed by atoms with Crippen LogP contribution in [-0.2, 0) is 29.0 Å². The average molecular weight is 681 g/mol. The molecule has 0 fully saturated rings. The first-order chi connectivity index (χ1) is 20.1. The summed E-state index contributed by atoms with van der Waals surface area (Å²) in [6, 6.07) is 19.2. The van der Waals surface area contributed by atoms with Crippen LogP contribution in [0.2, 0.25) is 10.0 Å². The topological polar surface area (TPSA) is 183 Å². The molecule has 0 bridgehead atoms. The second-order valence-corrected chi connectivity index (χ2v) is 8.07. The molecule has 12 nitrogen and oxygen atoms in total. The summed E-state index contributed by atoms with van der Waals surface area (Å²) in [5.74, 6) is -2.49. The maximum absolute atomic E-state index is 10.6. The first-order valence-electron chi connectivity index (χ1n) is 11.5. The summed E-state index contributed by atoms with van der Waals surface area (Å²) in [4.78, 5) is 49.3. The SMILES string of the molecule is COC(=O)Nc1cccnc1.COC(=O)Nc1cccnc1.O=C([O-])c1ccccc1Cl.O=C([O-])c1ccccc1Cl.[Zn+2]. The molecule has 43 heavy (non-hydrogen) atoms. The van der Waals surface area contributed by atoms with Crippen molar-refractivity contribution in [3.63, 3.8) is 0 Å². The van der Waals surface area contributed by atoms with Crippen LogP contribution in [0.15, 0.2) is 97.6 Å². The number of amides is 2. The number of nitrogens with one attached hydrogen (secondary N) is 2. The van der Waals surface area contributed by atoms with Crippen LogP contribution in [0.4, 0.5) is 21.0 Å². The van der Waals surface area contributed by atoms with E-state index in [0.29, 0.717) is 11.4 Å². The molecular formula is C28H24Cl2N4O8Zn. The summed E-state index contributed by atoms with van der Waals surface area (Å²) in [5, 5.41) is 25.8. The number of carbonyl (C=O) groups excluding carboxylic acids is 4. The van der Waals surface area contributed by atoms with E-state index >= 15 is 0 Å². The summed E-state index contributed by atoms with van der Waals surface area (Å²) in [5.41, 5.74) is 1.31. The van der Waals surface area contributed by atoms with Gasteiger partial charge < -0.3 is 29.3 Å². The number of carboxylic acid groups (broad SMARTS) is 2. The van der Waals surface area contributed by atoms with E-state index in [-0.39, 0.29) is 40.7 Å². The van der Waals surface area contributed by atoms with Gasteiger partial charge >= 0.3 is 31.7 Å². The Labute approximate surface area is 269 Å². The van der Waals surface area contributed by atoms with Gasteiger partial charge in [0.05, 0.1) is 49.9 Å². The molecule has 2 aromatic heterocycles.